The summed E-state index contributed by atoms with van der Waals surface area (Å²) in [5, 5.41) is 19.9. The zero-order chi connectivity index (χ0) is 17.1. The molecule has 0 heterocycles. The number of aryl methyl sites for hydroxylation is 1. The lowest BCUT2D eigenvalue weighted by molar-refractivity contribution is 0.280. The summed E-state index contributed by atoms with van der Waals surface area (Å²) in [4.78, 5) is 0. The van der Waals surface area contributed by atoms with Crippen molar-refractivity contribution in [3.8, 4) is 17.2 Å². The first-order valence-corrected chi connectivity index (χ1v) is 9.35. The molecule has 0 aromatic heterocycles. The summed E-state index contributed by atoms with van der Waals surface area (Å²) in [6, 6.07) is 1.65. The van der Waals surface area contributed by atoms with Crippen molar-refractivity contribution in [2.24, 2.45) is 0 Å². The minimum atomic E-state index is -0.112. The van der Waals surface area contributed by atoms with Gasteiger partial charge >= 0.3 is 0 Å². The van der Waals surface area contributed by atoms with Crippen LogP contribution in [0.2, 0.25) is 0 Å². The summed E-state index contributed by atoms with van der Waals surface area (Å²) in [6.07, 6.45) is 11.7. The second-order valence-corrected chi connectivity index (χ2v) is 6.24. The first-order chi connectivity index (χ1) is 11.2. The van der Waals surface area contributed by atoms with Crippen molar-refractivity contribution in [3.05, 3.63) is 17.2 Å². The van der Waals surface area contributed by atoms with Crippen molar-refractivity contribution in [1.29, 1.82) is 0 Å². The summed E-state index contributed by atoms with van der Waals surface area (Å²) >= 11 is 0. The number of aromatic hydroxyl groups is 2. The molecule has 0 atom stereocenters. The average Bonchev–Trinajstić information content (AvgIpc) is 2.56. The second kappa shape index (κ2) is 11.2. The number of hydrogen-bond acceptors (Lipinski definition) is 3. The van der Waals surface area contributed by atoms with Crippen LogP contribution < -0.4 is 4.74 Å². The van der Waals surface area contributed by atoms with Gasteiger partial charge in [0.1, 0.15) is 0 Å². The highest BCUT2D eigenvalue weighted by atomic mass is 16.5. The van der Waals surface area contributed by atoms with Gasteiger partial charge in [-0.25, -0.2) is 0 Å². The van der Waals surface area contributed by atoms with Gasteiger partial charge in [0.15, 0.2) is 11.5 Å². The van der Waals surface area contributed by atoms with Crippen LogP contribution in [0, 0.1) is 0 Å². The van der Waals surface area contributed by atoms with Crippen molar-refractivity contribution in [3.63, 3.8) is 0 Å². The van der Waals surface area contributed by atoms with E-state index >= 15 is 0 Å². The predicted octanol–water partition coefficient (Wildman–Crippen LogP) is 5.74. The van der Waals surface area contributed by atoms with Crippen molar-refractivity contribution in [1.82, 2.24) is 0 Å². The highest BCUT2D eigenvalue weighted by molar-refractivity contribution is 5.57. The predicted molar refractivity (Wildman–Crippen MR) is 96.6 cm³/mol. The standard InChI is InChI=1S/C20H34O3/c1-4-7-8-9-10-11-12-13-14-23-20-17(6-3)16(5-2)15-18(21)19(20)22/h15,21-22H,4-14H2,1-3H3. The Morgan fingerprint density at radius 3 is 2.00 bits per heavy atom. The molecule has 0 saturated heterocycles. The molecule has 0 spiro atoms. The largest absolute Gasteiger partial charge is 0.504 e. The van der Waals surface area contributed by atoms with Crippen molar-refractivity contribution >= 4 is 0 Å². The van der Waals surface area contributed by atoms with Gasteiger partial charge in [-0.05, 0) is 30.9 Å². The van der Waals surface area contributed by atoms with Crippen LogP contribution in [0.3, 0.4) is 0 Å². The molecule has 132 valence electrons. The molecule has 0 saturated carbocycles. The van der Waals surface area contributed by atoms with Crippen LogP contribution in [0.15, 0.2) is 6.07 Å². The Balaban J connectivity index is 2.41. The third-order valence-corrected chi connectivity index (χ3v) is 4.41. The van der Waals surface area contributed by atoms with Gasteiger partial charge in [0.05, 0.1) is 6.61 Å². The molecule has 0 aliphatic heterocycles. The molecule has 0 unspecified atom stereocenters. The molecule has 0 radical (unpaired) electrons. The Labute approximate surface area is 141 Å². The van der Waals surface area contributed by atoms with E-state index in [2.05, 4.69) is 6.92 Å². The topological polar surface area (TPSA) is 49.7 Å². The maximum atomic E-state index is 10.1. The van der Waals surface area contributed by atoms with Gasteiger partial charge < -0.3 is 14.9 Å². The maximum absolute atomic E-state index is 10.1. The van der Waals surface area contributed by atoms with E-state index in [-0.39, 0.29) is 11.5 Å². The van der Waals surface area contributed by atoms with Crippen LogP contribution in [-0.4, -0.2) is 16.8 Å². The lowest BCUT2D eigenvalue weighted by Crippen LogP contribution is -2.03. The number of phenolic OH excluding ortho intramolecular Hbond substituents is 2. The van der Waals surface area contributed by atoms with E-state index in [0.29, 0.717) is 12.4 Å². The van der Waals surface area contributed by atoms with Gasteiger partial charge in [-0.3, -0.25) is 0 Å². The minimum Gasteiger partial charge on any atom is -0.504 e. The van der Waals surface area contributed by atoms with Crippen molar-refractivity contribution in [2.75, 3.05) is 6.61 Å². The zero-order valence-corrected chi connectivity index (χ0v) is 15.2. The Morgan fingerprint density at radius 2 is 1.43 bits per heavy atom. The normalized spacial score (nSPS) is 10.9. The summed E-state index contributed by atoms with van der Waals surface area (Å²) < 4.78 is 5.82. The number of phenols is 2. The van der Waals surface area contributed by atoms with Crippen LogP contribution in [-0.2, 0) is 12.8 Å². The van der Waals surface area contributed by atoms with Crippen LogP contribution in [0.4, 0.5) is 0 Å². The summed E-state index contributed by atoms with van der Waals surface area (Å²) in [6.45, 7) is 6.94. The third kappa shape index (κ3) is 6.32. The molecule has 0 aliphatic carbocycles. The number of unbranched alkanes of at least 4 members (excludes halogenated alkanes) is 7. The molecule has 0 bridgehead atoms. The van der Waals surface area contributed by atoms with Gasteiger partial charge in [-0.2, -0.15) is 0 Å². The molecule has 23 heavy (non-hydrogen) atoms. The van der Waals surface area contributed by atoms with Gasteiger partial charge in [-0.1, -0.05) is 65.7 Å². The van der Waals surface area contributed by atoms with E-state index in [4.69, 9.17) is 4.74 Å². The zero-order valence-electron chi connectivity index (χ0n) is 15.2. The van der Waals surface area contributed by atoms with Gasteiger partial charge in [-0.15, -0.1) is 0 Å². The van der Waals surface area contributed by atoms with Gasteiger partial charge in [0.25, 0.3) is 0 Å². The summed E-state index contributed by atoms with van der Waals surface area (Å²) in [7, 11) is 0. The molecule has 0 amide bonds. The van der Waals surface area contributed by atoms with E-state index < -0.39 is 0 Å². The van der Waals surface area contributed by atoms with E-state index in [1.54, 1.807) is 6.07 Å². The van der Waals surface area contributed by atoms with Crippen LogP contribution >= 0.6 is 0 Å². The fourth-order valence-corrected chi connectivity index (χ4v) is 2.99. The molecular weight excluding hydrogens is 288 g/mol. The molecule has 2 N–H and O–H groups in total. The number of benzene rings is 1. The number of hydrogen-bond donors (Lipinski definition) is 2. The quantitative estimate of drug-likeness (QED) is 0.381. The van der Waals surface area contributed by atoms with E-state index in [1.165, 1.54) is 38.5 Å². The van der Waals surface area contributed by atoms with E-state index in [9.17, 15) is 10.2 Å². The Bertz CT molecular complexity index is 455. The highest BCUT2D eigenvalue weighted by Gasteiger charge is 2.16. The lowest BCUT2D eigenvalue weighted by atomic mass is 10.0. The maximum Gasteiger partial charge on any atom is 0.200 e. The van der Waals surface area contributed by atoms with Gasteiger partial charge in [0, 0.05) is 5.56 Å². The minimum absolute atomic E-state index is 0.0787. The van der Waals surface area contributed by atoms with E-state index in [0.717, 1.165) is 36.8 Å². The average molecular weight is 322 g/mol. The fourth-order valence-electron chi connectivity index (χ4n) is 2.99. The third-order valence-electron chi connectivity index (χ3n) is 4.41. The smallest absolute Gasteiger partial charge is 0.200 e. The monoisotopic (exact) mass is 322 g/mol. The molecule has 0 fully saturated rings. The first-order valence-electron chi connectivity index (χ1n) is 9.35. The van der Waals surface area contributed by atoms with Crippen LogP contribution in [0.1, 0.15) is 83.3 Å². The molecular formula is C20H34O3. The SMILES string of the molecule is CCCCCCCCCCOc1c(O)c(O)cc(CC)c1CC. The second-order valence-electron chi connectivity index (χ2n) is 6.24. The van der Waals surface area contributed by atoms with Crippen molar-refractivity contribution < 1.29 is 14.9 Å². The van der Waals surface area contributed by atoms with Crippen molar-refractivity contribution in [2.45, 2.75) is 85.0 Å². The molecule has 3 nitrogen and oxygen atoms in total. The Morgan fingerprint density at radius 1 is 0.826 bits per heavy atom. The first kappa shape index (κ1) is 19.7. The van der Waals surface area contributed by atoms with Gasteiger partial charge in [0.2, 0.25) is 5.75 Å². The fraction of sp³-hybridized carbons (Fsp3) is 0.700. The summed E-state index contributed by atoms with van der Waals surface area (Å²) in [5.74, 6) is 0.288. The molecule has 1 aromatic carbocycles. The van der Waals surface area contributed by atoms with E-state index in [1.807, 2.05) is 13.8 Å². The Kier molecular flexibility index (Phi) is 9.58. The van der Waals surface area contributed by atoms with Crippen LogP contribution in [0.5, 0.6) is 17.2 Å². The number of ether oxygens (including phenoxy) is 1. The molecule has 0 aliphatic rings. The molecule has 3 heteroatoms. The Hall–Kier alpha value is -1.38. The molecule has 1 rings (SSSR count). The molecule has 1 aromatic rings. The van der Waals surface area contributed by atoms with Crippen LogP contribution in [0.25, 0.3) is 0 Å². The summed E-state index contributed by atoms with van der Waals surface area (Å²) in [5.41, 5.74) is 2.07. The number of rotatable bonds is 12. The lowest BCUT2D eigenvalue weighted by Gasteiger charge is -2.16. The highest BCUT2D eigenvalue weighted by Crippen LogP contribution is 2.41.